The quantitative estimate of drug-likeness (QED) is 0.837. The lowest BCUT2D eigenvalue weighted by Gasteiger charge is -2.25. The first-order chi connectivity index (χ1) is 7.88. The fourth-order valence-electron chi connectivity index (χ4n) is 1.65. The van der Waals surface area contributed by atoms with Gasteiger partial charge in [-0.15, -0.1) is 0 Å². The molecule has 3 nitrogen and oxygen atoms in total. The third-order valence-corrected chi connectivity index (χ3v) is 2.35. The molecule has 1 atom stereocenters. The minimum absolute atomic E-state index is 0.0313. The Balaban J connectivity index is 2.40. The average Bonchev–Trinajstić information content (AvgIpc) is 2.25. The fourth-order valence-corrected chi connectivity index (χ4v) is 1.65. The van der Waals surface area contributed by atoms with Gasteiger partial charge in [-0.3, -0.25) is 4.79 Å². The molecule has 0 saturated heterocycles. The van der Waals surface area contributed by atoms with Crippen molar-refractivity contribution in [2.24, 2.45) is 0 Å². The molecule has 3 heteroatoms. The van der Waals surface area contributed by atoms with E-state index < -0.39 is 0 Å². The van der Waals surface area contributed by atoms with Gasteiger partial charge in [0.2, 0.25) is 5.91 Å². The van der Waals surface area contributed by atoms with Crippen LogP contribution in [0.4, 0.5) is 0 Å². The lowest BCUT2D eigenvalue weighted by molar-refractivity contribution is -0.123. The predicted molar refractivity (Wildman–Crippen MR) is 70.6 cm³/mol. The summed E-state index contributed by atoms with van der Waals surface area (Å²) in [6.07, 6.45) is 0. The lowest BCUT2D eigenvalue weighted by Crippen LogP contribution is -2.49. The van der Waals surface area contributed by atoms with E-state index in [1.165, 1.54) is 0 Å². The second-order valence-electron chi connectivity index (χ2n) is 5.32. The molecule has 0 unspecified atom stereocenters. The number of amides is 1. The number of hydrogen-bond donors (Lipinski definition) is 2. The van der Waals surface area contributed by atoms with E-state index in [9.17, 15) is 4.79 Å². The molecule has 1 rings (SSSR count). The molecule has 0 aliphatic heterocycles. The zero-order chi connectivity index (χ0) is 12.9. The van der Waals surface area contributed by atoms with Crippen LogP contribution in [0.15, 0.2) is 30.3 Å². The Hall–Kier alpha value is -1.35. The van der Waals surface area contributed by atoms with Crippen molar-refractivity contribution in [3.8, 4) is 0 Å². The summed E-state index contributed by atoms with van der Waals surface area (Å²) in [5.41, 5.74) is 1.06. The summed E-state index contributed by atoms with van der Waals surface area (Å²) < 4.78 is 0. The highest BCUT2D eigenvalue weighted by molar-refractivity contribution is 5.81. The lowest BCUT2D eigenvalue weighted by atomic mass is 10.1. The van der Waals surface area contributed by atoms with E-state index in [1.54, 1.807) is 0 Å². The van der Waals surface area contributed by atoms with Crippen LogP contribution in [0.1, 0.15) is 33.3 Å². The highest BCUT2D eigenvalue weighted by Crippen LogP contribution is 2.02. The molecule has 0 heterocycles. The van der Waals surface area contributed by atoms with E-state index in [0.717, 1.165) is 5.56 Å². The van der Waals surface area contributed by atoms with Gasteiger partial charge in [0.25, 0.3) is 0 Å². The van der Waals surface area contributed by atoms with Gasteiger partial charge in [-0.2, -0.15) is 0 Å². The second kappa shape index (κ2) is 5.82. The van der Waals surface area contributed by atoms with E-state index in [4.69, 9.17) is 0 Å². The number of carbonyl (C=O) groups is 1. The number of nitrogens with one attached hydrogen (secondary N) is 2. The molecular formula is C14H22N2O. The first-order valence-electron chi connectivity index (χ1n) is 5.98. The maximum atomic E-state index is 11.8. The van der Waals surface area contributed by atoms with Crippen LogP contribution in [0, 0.1) is 0 Å². The SMILES string of the molecule is C[C@H](NC(C)(C)C)C(=O)NCc1ccccc1. The molecule has 1 aromatic carbocycles. The van der Waals surface area contributed by atoms with Crippen LogP contribution in [0.2, 0.25) is 0 Å². The summed E-state index contributed by atoms with van der Waals surface area (Å²) >= 11 is 0. The molecule has 1 amide bonds. The maximum absolute atomic E-state index is 11.8. The highest BCUT2D eigenvalue weighted by atomic mass is 16.2. The third-order valence-electron chi connectivity index (χ3n) is 2.35. The summed E-state index contributed by atoms with van der Waals surface area (Å²) in [5.74, 6) is 0.0313. The Labute approximate surface area is 104 Å². The van der Waals surface area contributed by atoms with Crippen LogP contribution >= 0.6 is 0 Å². The van der Waals surface area contributed by atoms with Crippen LogP contribution in [-0.2, 0) is 11.3 Å². The van der Waals surface area contributed by atoms with E-state index in [0.29, 0.717) is 6.54 Å². The Morgan fingerprint density at radius 2 is 1.82 bits per heavy atom. The van der Waals surface area contributed by atoms with Gasteiger partial charge in [-0.25, -0.2) is 0 Å². The first-order valence-corrected chi connectivity index (χ1v) is 5.98. The van der Waals surface area contributed by atoms with Crippen LogP contribution in [-0.4, -0.2) is 17.5 Å². The molecule has 94 valence electrons. The van der Waals surface area contributed by atoms with Crippen molar-refractivity contribution in [3.63, 3.8) is 0 Å². The van der Waals surface area contributed by atoms with Gasteiger partial charge >= 0.3 is 0 Å². The second-order valence-corrected chi connectivity index (χ2v) is 5.32. The van der Waals surface area contributed by atoms with Gasteiger partial charge in [0.05, 0.1) is 6.04 Å². The third kappa shape index (κ3) is 5.50. The Kier molecular flexibility index (Phi) is 4.70. The molecule has 0 aromatic heterocycles. The molecular weight excluding hydrogens is 212 g/mol. The average molecular weight is 234 g/mol. The molecule has 0 saturated carbocycles. The smallest absolute Gasteiger partial charge is 0.237 e. The molecule has 1 aromatic rings. The monoisotopic (exact) mass is 234 g/mol. The predicted octanol–water partition coefficient (Wildman–Crippen LogP) is 2.08. The van der Waals surface area contributed by atoms with E-state index in [-0.39, 0.29) is 17.5 Å². The van der Waals surface area contributed by atoms with Gasteiger partial charge < -0.3 is 10.6 Å². The largest absolute Gasteiger partial charge is 0.351 e. The van der Waals surface area contributed by atoms with Gasteiger partial charge in [0, 0.05) is 12.1 Å². The standard InChI is InChI=1S/C14H22N2O/c1-11(16-14(2,3)4)13(17)15-10-12-8-6-5-7-9-12/h5-9,11,16H,10H2,1-4H3,(H,15,17)/t11-/m0/s1. The molecule has 0 aliphatic rings. The van der Waals surface area contributed by atoms with Crippen LogP contribution in [0.25, 0.3) is 0 Å². The topological polar surface area (TPSA) is 41.1 Å². The number of rotatable bonds is 4. The summed E-state index contributed by atoms with van der Waals surface area (Å²) in [6, 6.07) is 9.73. The molecule has 0 aliphatic carbocycles. The minimum atomic E-state index is -0.182. The van der Waals surface area contributed by atoms with Crippen LogP contribution < -0.4 is 10.6 Å². The van der Waals surface area contributed by atoms with E-state index in [2.05, 4.69) is 10.6 Å². The van der Waals surface area contributed by atoms with Crippen molar-refractivity contribution in [2.45, 2.75) is 45.8 Å². The molecule has 2 N–H and O–H groups in total. The van der Waals surface area contributed by atoms with Gasteiger partial charge in [-0.1, -0.05) is 30.3 Å². The molecule has 0 spiro atoms. The van der Waals surface area contributed by atoms with Gasteiger partial charge in [0.15, 0.2) is 0 Å². The summed E-state index contributed by atoms with van der Waals surface area (Å²) in [6.45, 7) is 8.61. The minimum Gasteiger partial charge on any atom is -0.351 e. The molecule has 0 bridgehead atoms. The van der Waals surface area contributed by atoms with E-state index >= 15 is 0 Å². The van der Waals surface area contributed by atoms with Gasteiger partial charge in [0.1, 0.15) is 0 Å². The van der Waals surface area contributed by atoms with Crippen LogP contribution in [0.3, 0.4) is 0 Å². The summed E-state index contributed by atoms with van der Waals surface area (Å²) in [7, 11) is 0. The van der Waals surface area contributed by atoms with Crippen molar-refractivity contribution >= 4 is 5.91 Å². The zero-order valence-electron chi connectivity index (χ0n) is 11.1. The molecule has 17 heavy (non-hydrogen) atoms. The first kappa shape index (κ1) is 13.7. The van der Waals surface area contributed by atoms with Crippen LogP contribution in [0.5, 0.6) is 0 Å². The zero-order valence-corrected chi connectivity index (χ0v) is 11.1. The Morgan fingerprint density at radius 1 is 1.24 bits per heavy atom. The number of hydrogen-bond acceptors (Lipinski definition) is 2. The Bertz CT molecular complexity index is 354. The van der Waals surface area contributed by atoms with Gasteiger partial charge in [-0.05, 0) is 33.3 Å². The van der Waals surface area contributed by atoms with Crippen molar-refractivity contribution < 1.29 is 4.79 Å². The summed E-state index contributed by atoms with van der Waals surface area (Å²) in [4.78, 5) is 11.8. The highest BCUT2D eigenvalue weighted by Gasteiger charge is 2.18. The summed E-state index contributed by atoms with van der Waals surface area (Å²) in [5, 5.41) is 6.16. The number of carbonyl (C=O) groups excluding carboxylic acids is 1. The van der Waals surface area contributed by atoms with Crippen molar-refractivity contribution in [2.75, 3.05) is 0 Å². The van der Waals surface area contributed by atoms with Crippen molar-refractivity contribution in [1.29, 1.82) is 0 Å². The molecule has 0 fully saturated rings. The van der Waals surface area contributed by atoms with Crippen molar-refractivity contribution in [1.82, 2.24) is 10.6 Å². The van der Waals surface area contributed by atoms with Crippen molar-refractivity contribution in [3.05, 3.63) is 35.9 Å². The number of benzene rings is 1. The molecule has 0 radical (unpaired) electrons. The fraction of sp³-hybridized carbons (Fsp3) is 0.500. The van der Waals surface area contributed by atoms with E-state index in [1.807, 2.05) is 58.0 Å². The maximum Gasteiger partial charge on any atom is 0.237 e. The Morgan fingerprint density at radius 3 is 2.35 bits per heavy atom. The normalized spacial score (nSPS) is 13.2.